The largest absolute Gasteiger partial charge is 0.454 e. The lowest BCUT2D eigenvalue weighted by Gasteiger charge is -2.11. The maximum absolute atomic E-state index is 5.48. The highest BCUT2D eigenvalue weighted by Crippen LogP contribution is 2.37. The van der Waals surface area contributed by atoms with Crippen molar-refractivity contribution in [1.29, 1.82) is 0 Å². The molecule has 0 spiro atoms. The molecule has 0 aliphatic carbocycles. The van der Waals surface area contributed by atoms with Gasteiger partial charge in [-0.1, -0.05) is 13.3 Å². The van der Waals surface area contributed by atoms with Gasteiger partial charge in [0, 0.05) is 11.8 Å². The Morgan fingerprint density at radius 3 is 2.75 bits per heavy atom. The number of hydrogen-bond acceptors (Lipinski definition) is 3. The minimum Gasteiger partial charge on any atom is -0.454 e. The highest BCUT2D eigenvalue weighted by molar-refractivity contribution is 7.80. The number of benzene rings is 1. The fraction of sp³-hybridized carbons (Fsp3) is 0.364. The number of aryl methyl sites for hydroxylation is 1. The normalized spacial score (nSPS) is 12.6. The van der Waals surface area contributed by atoms with Gasteiger partial charge in [0.05, 0.1) is 0 Å². The summed E-state index contributed by atoms with van der Waals surface area (Å²) in [5.41, 5.74) is 7.52. The molecule has 0 radical (unpaired) electrons. The summed E-state index contributed by atoms with van der Waals surface area (Å²) in [5.74, 6) is 1.52. The zero-order chi connectivity index (χ0) is 11.5. The van der Waals surface area contributed by atoms with E-state index in [2.05, 4.69) is 12.2 Å². The van der Waals surface area contributed by atoms with E-state index in [0.29, 0.717) is 0 Å². The van der Waals surface area contributed by atoms with E-state index in [4.69, 9.17) is 27.4 Å². The molecule has 1 aromatic rings. The van der Waals surface area contributed by atoms with Gasteiger partial charge in [0.1, 0.15) is 0 Å². The molecule has 0 bridgehead atoms. The molecule has 1 heterocycles. The predicted molar refractivity (Wildman–Crippen MR) is 67.0 cm³/mol. The Bertz CT molecular complexity index is 421. The Morgan fingerprint density at radius 1 is 1.44 bits per heavy atom. The summed E-state index contributed by atoms with van der Waals surface area (Å²) in [4.78, 5) is 0. The lowest BCUT2D eigenvalue weighted by Crippen LogP contribution is -2.19. The van der Waals surface area contributed by atoms with E-state index in [9.17, 15) is 0 Å². The SMILES string of the molecule is CCCc1cc2c(cc1NC(N)=S)OCO2. The molecule has 1 aliphatic rings. The first-order valence-corrected chi connectivity index (χ1v) is 5.60. The first-order chi connectivity index (χ1) is 7.70. The van der Waals surface area contributed by atoms with Crippen LogP contribution in [0.2, 0.25) is 0 Å². The molecule has 5 heteroatoms. The third-order valence-electron chi connectivity index (χ3n) is 2.38. The molecule has 0 saturated heterocycles. The first kappa shape index (κ1) is 11.0. The molecule has 0 unspecified atom stereocenters. The van der Waals surface area contributed by atoms with Crippen LogP contribution in [0.15, 0.2) is 12.1 Å². The quantitative estimate of drug-likeness (QED) is 0.789. The molecule has 1 aromatic carbocycles. The molecule has 4 nitrogen and oxygen atoms in total. The molecule has 0 amide bonds. The van der Waals surface area contributed by atoms with E-state index in [-0.39, 0.29) is 11.9 Å². The average molecular weight is 238 g/mol. The zero-order valence-electron chi connectivity index (χ0n) is 9.08. The lowest BCUT2D eigenvalue weighted by atomic mass is 10.1. The highest BCUT2D eigenvalue weighted by Gasteiger charge is 2.16. The van der Waals surface area contributed by atoms with Crippen molar-refractivity contribution in [3.8, 4) is 11.5 Å². The average Bonchev–Trinajstić information content (AvgIpc) is 2.64. The molecule has 0 fully saturated rings. The van der Waals surface area contributed by atoms with Crippen LogP contribution in [-0.2, 0) is 6.42 Å². The highest BCUT2D eigenvalue weighted by atomic mass is 32.1. The minimum atomic E-state index is 0.260. The number of anilines is 1. The summed E-state index contributed by atoms with van der Waals surface area (Å²) in [6.45, 7) is 2.40. The van der Waals surface area contributed by atoms with Crippen LogP contribution < -0.4 is 20.5 Å². The van der Waals surface area contributed by atoms with Crippen molar-refractivity contribution in [3.05, 3.63) is 17.7 Å². The zero-order valence-corrected chi connectivity index (χ0v) is 9.89. The maximum Gasteiger partial charge on any atom is 0.231 e. The van der Waals surface area contributed by atoms with Crippen molar-refractivity contribution in [2.45, 2.75) is 19.8 Å². The smallest absolute Gasteiger partial charge is 0.231 e. The first-order valence-electron chi connectivity index (χ1n) is 5.19. The Kier molecular flexibility index (Phi) is 3.14. The number of ether oxygens (including phenoxy) is 2. The summed E-state index contributed by atoms with van der Waals surface area (Å²) in [6, 6.07) is 3.86. The van der Waals surface area contributed by atoms with E-state index >= 15 is 0 Å². The van der Waals surface area contributed by atoms with Crippen LogP contribution in [0.4, 0.5) is 5.69 Å². The topological polar surface area (TPSA) is 56.5 Å². The third kappa shape index (κ3) is 2.19. The van der Waals surface area contributed by atoms with Gasteiger partial charge in [0.25, 0.3) is 0 Å². The van der Waals surface area contributed by atoms with Gasteiger partial charge in [0.2, 0.25) is 6.79 Å². The van der Waals surface area contributed by atoms with Gasteiger partial charge in [0.15, 0.2) is 16.6 Å². The molecule has 3 N–H and O–H groups in total. The fourth-order valence-electron chi connectivity index (χ4n) is 1.71. The van der Waals surface area contributed by atoms with Crippen LogP contribution in [0.1, 0.15) is 18.9 Å². The Morgan fingerprint density at radius 2 is 2.12 bits per heavy atom. The van der Waals surface area contributed by atoms with Gasteiger partial charge in [-0.05, 0) is 30.3 Å². The van der Waals surface area contributed by atoms with Gasteiger partial charge in [-0.2, -0.15) is 0 Å². The number of hydrogen-bond donors (Lipinski definition) is 2. The molecule has 86 valence electrons. The van der Waals surface area contributed by atoms with Crippen molar-refractivity contribution < 1.29 is 9.47 Å². The molecular formula is C11H14N2O2S. The number of fused-ring (bicyclic) bond motifs is 1. The van der Waals surface area contributed by atoms with Crippen LogP contribution in [0, 0.1) is 0 Å². The number of nitrogens with one attached hydrogen (secondary N) is 1. The van der Waals surface area contributed by atoms with Gasteiger partial charge in [-0.15, -0.1) is 0 Å². The van der Waals surface area contributed by atoms with E-state index in [1.165, 1.54) is 0 Å². The van der Waals surface area contributed by atoms with Crippen molar-refractivity contribution >= 4 is 23.0 Å². The van der Waals surface area contributed by atoms with Crippen LogP contribution >= 0.6 is 12.2 Å². The van der Waals surface area contributed by atoms with E-state index in [1.807, 2.05) is 12.1 Å². The molecule has 2 rings (SSSR count). The van der Waals surface area contributed by atoms with E-state index < -0.39 is 0 Å². The summed E-state index contributed by atoms with van der Waals surface area (Å²) in [7, 11) is 0. The van der Waals surface area contributed by atoms with Crippen LogP contribution in [0.5, 0.6) is 11.5 Å². The van der Waals surface area contributed by atoms with Crippen molar-refractivity contribution in [2.24, 2.45) is 5.73 Å². The standard InChI is InChI=1S/C11H14N2O2S/c1-2-3-7-4-9-10(15-6-14-9)5-8(7)13-11(12)16/h4-5H,2-3,6H2,1H3,(H3,12,13,16). The summed E-state index contributed by atoms with van der Waals surface area (Å²) in [5, 5.41) is 3.22. The van der Waals surface area contributed by atoms with Gasteiger partial charge >= 0.3 is 0 Å². The molecular weight excluding hydrogens is 224 g/mol. The van der Waals surface area contributed by atoms with Crippen molar-refractivity contribution in [3.63, 3.8) is 0 Å². The summed E-state index contributed by atoms with van der Waals surface area (Å²) >= 11 is 4.84. The summed E-state index contributed by atoms with van der Waals surface area (Å²) < 4.78 is 10.6. The van der Waals surface area contributed by atoms with Crippen LogP contribution in [-0.4, -0.2) is 11.9 Å². The van der Waals surface area contributed by atoms with Crippen LogP contribution in [0.3, 0.4) is 0 Å². The van der Waals surface area contributed by atoms with E-state index in [1.54, 1.807) is 0 Å². The number of nitrogens with two attached hydrogens (primary N) is 1. The Labute approximate surface area is 99.7 Å². The fourth-order valence-corrected chi connectivity index (χ4v) is 1.82. The third-order valence-corrected chi connectivity index (χ3v) is 2.48. The Hall–Kier alpha value is -1.49. The predicted octanol–water partition coefficient (Wildman–Crippen LogP) is 2.02. The van der Waals surface area contributed by atoms with Crippen molar-refractivity contribution in [1.82, 2.24) is 0 Å². The van der Waals surface area contributed by atoms with Gasteiger partial charge in [-0.3, -0.25) is 0 Å². The van der Waals surface area contributed by atoms with Gasteiger partial charge in [-0.25, -0.2) is 0 Å². The second-order valence-corrected chi connectivity index (χ2v) is 4.04. The van der Waals surface area contributed by atoms with E-state index in [0.717, 1.165) is 35.6 Å². The Balaban J connectivity index is 2.36. The molecule has 0 aromatic heterocycles. The van der Waals surface area contributed by atoms with Gasteiger partial charge < -0.3 is 20.5 Å². The second-order valence-electron chi connectivity index (χ2n) is 3.60. The maximum atomic E-state index is 5.48. The molecule has 1 aliphatic heterocycles. The monoisotopic (exact) mass is 238 g/mol. The molecule has 0 atom stereocenters. The number of rotatable bonds is 3. The van der Waals surface area contributed by atoms with Crippen LogP contribution in [0.25, 0.3) is 0 Å². The lowest BCUT2D eigenvalue weighted by molar-refractivity contribution is 0.174. The van der Waals surface area contributed by atoms with Crippen molar-refractivity contribution in [2.75, 3.05) is 12.1 Å². The molecule has 0 saturated carbocycles. The minimum absolute atomic E-state index is 0.260. The molecule has 16 heavy (non-hydrogen) atoms. The second kappa shape index (κ2) is 4.57. The summed E-state index contributed by atoms with van der Waals surface area (Å²) in [6.07, 6.45) is 1.99. The number of thiocarbonyl (C=S) groups is 1.